The lowest BCUT2D eigenvalue weighted by Gasteiger charge is -2.13. The van der Waals surface area contributed by atoms with Crippen molar-refractivity contribution >= 4 is 21.6 Å². The van der Waals surface area contributed by atoms with Gasteiger partial charge in [0.05, 0.1) is 10.6 Å². The summed E-state index contributed by atoms with van der Waals surface area (Å²) in [6.07, 6.45) is 0. The minimum atomic E-state index is -3.85. The maximum absolute atomic E-state index is 12.7. The zero-order valence-corrected chi connectivity index (χ0v) is 15.6. The molecule has 3 aromatic rings. The number of sulfonamides is 1. The van der Waals surface area contributed by atoms with Crippen molar-refractivity contribution in [3.05, 3.63) is 78.9 Å². The topological polar surface area (TPSA) is 108 Å². The van der Waals surface area contributed by atoms with Crippen LogP contribution in [0.3, 0.4) is 0 Å². The normalized spacial score (nSPS) is 10.9. The summed E-state index contributed by atoms with van der Waals surface area (Å²) in [6.45, 7) is -0.283. The van der Waals surface area contributed by atoms with Crippen molar-refractivity contribution in [3.8, 4) is 17.2 Å². The highest BCUT2D eigenvalue weighted by atomic mass is 32.2. The number of primary amides is 1. The summed E-state index contributed by atoms with van der Waals surface area (Å²) in [5.41, 5.74) is 5.32. The average molecular weight is 398 g/mol. The van der Waals surface area contributed by atoms with Crippen LogP contribution in [0.5, 0.6) is 17.2 Å². The number of nitrogens with one attached hydrogen (secondary N) is 1. The number of ether oxygens (including phenoxy) is 2. The molecule has 3 N–H and O–H groups in total. The second-order valence-corrected chi connectivity index (χ2v) is 7.43. The van der Waals surface area contributed by atoms with Gasteiger partial charge in [-0.2, -0.15) is 0 Å². The minimum Gasteiger partial charge on any atom is -0.484 e. The molecule has 0 spiro atoms. The second kappa shape index (κ2) is 8.45. The van der Waals surface area contributed by atoms with Crippen LogP contribution in [0.4, 0.5) is 5.69 Å². The molecule has 0 saturated heterocycles. The molecule has 0 aliphatic rings. The van der Waals surface area contributed by atoms with Crippen LogP contribution in [0.15, 0.2) is 83.8 Å². The molecule has 0 fully saturated rings. The number of hydrogen-bond donors (Lipinski definition) is 2. The fourth-order valence-electron chi connectivity index (χ4n) is 2.33. The number of benzene rings is 3. The molecule has 7 nitrogen and oxygen atoms in total. The molecule has 3 rings (SSSR count). The molecule has 0 radical (unpaired) electrons. The first-order chi connectivity index (χ1) is 13.4. The molecule has 0 atom stereocenters. The van der Waals surface area contributed by atoms with Gasteiger partial charge in [-0.25, -0.2) is 8.42 Å². The van der Waals surface area contributed by atoms with Crippen LogP contribution < -0.4 is 19.9 Å². The molecule has 8 heteroatoms. The monoisotopic (exact) mass is 398 g/mol. The van der Waals surface area contributed by atoms with Crippen LogP contribution in [0.2, 0.25) is 0 Å². The molecule has 0 unspecified atom stereocenters. The van der Waals surface area contributed by atoms with Crippen molar-refractivity contribution < 1.29 is 22.7 Å². The molecule has 28 heavy (non-hydrogen) atoms. The molecular formula is C20H18N2O5S. The van der Waals surface area contributed by atoms with Crippen molar-refractivity contribution in [2.45, 2.75) is 4.90 Å². The number of carbonyl (C=O) groups is 1. The van der Waals surface area contributed by atoms with Gasteiger partial charge in [0.2, 0.25) is 0 Å². The maximum Gasteiger partial charge on any atom is 0.262 e. The van der Waals surface area contributed by atoms with E-state index in [4.69, 9.17) is 15.2 Å². The summed E-state index contributed by atoms with van der Waals surface area (Å²) in [5.74, 6) is 0.683. The molecule has 0 saturated carbocycles. The van der Waals surface area contributed by atoms with Crippen LogP contribution in [-0.2, 0) is 14.8 Å². The van der Waals surface area contributed by atoms with Gasteiger partial charge in [-0.15, -0.1) is 0 Å². The number of para-hydroxylation sites is 3. The molecule has 3 aromatic carbocycles. The highest BCUT2D eigenvalue weighted by Gasteiger charge is 2.17. The van der Waals surface area contributed by atoms with E-state index in [2.05, 4.69) is 4.72 Å². The summed E-state index contributed by atoms with van der Waals surface area (Å²) < 4.78 is 38.8. The molecule has 0 bridgehead atoms. The zero-order valence-electron chi connectivity index (χ0n) is 14.7. The maximum atomic E-state index is 12.7. The fourth-order valence-corrected chi connectivity index (χ4v) is 3.40. The highest BCUT2D eigenvalue weighted by Crippen LogP contribution is 2.31. The number of hydrogen-bond acceptors (Lipinski definition) is 5. The first-order valence-electron chi connectivity index (χ1n) is 8.30. The van der Waals surface area contributed by atoms with Gasteiger partial charge in [-0.05, 0) is 48.5 Å². The van der Waals surface area contributed by atoms with E-state index in [1.54, 1.807) is 36.4 Å². The van der Waals surface area contributed by atoms with Crippen LogP contribution in [0, 0.1) is 0 Å². The zero-order chi connectivity index (χ0) is 20.0. The van der Waals surface area contributed by atoms with Gasteiger partial charge in [0.25, 0.3) is 15.9 Å². The lowest BCUT2D eigenvalue weighted by molar-refractivity contribution is -0.119. The molecular weight excluding hydrogens is 380 g/mol. The van der Waals surface area contributed by atoms with E-state index >= 15 is 0 Å². The van der Waals surface area contributed by atoms with E-state index < -0.39 is 15.9 Å². The number of carbonyl (C=O) groups excluding carboxylic acids is 1. The van der Waals surface area contributed by atoms with Gasteiger partial charge in [0, 0.05) is 0 Å². The molecule has 144 valence electrons. The third-order valence-corrected chi connectivity index (χ3v) is 5.00. The van der Waals surface area contributed by atoms with Gasteiger partial charge in [-0.1, -0.05) is 30.3 Å². The summed E-state index contributed by atoms with van der Waals surface area (Å²) in [7, 11) is -3.85. The van der Waals surface area contributed by atoms with Gasteiger partial charge >= 0.3 is 0 Å². The average Bonchev–Trinajstić information content (AvgIpc) is 2.69. The van der Waals surface area contributed by atoms with E-state index in [-0.39, 0.29) is 11.5 Å². The van der Waals surface area contributed by atoms with Crippen molar-refractivity contribution in [1.82, 2.24) is 0 Å². The van der Waals surface area contributed by atoms with Crippen molar-refractivity contribution in [2.75, 3.05) is 11.3 Å². The summed E-state index contributed by atoms with van der Waals surface area (Å²) in [5, 5.41) is 0. The molecule has 0 heterocycles. The number of amides is 1. The Kier molecular flexibility index (Phi) is 5.81. The minimum absolute atomic E-state index is 0.0356. The Balaban J connectivity index is 1.78. The lowest BCUT2D eigenvalue weighted by atomic mass is 10.3. The Bertz CT molecular complexity index is 1050. The van der Waals surface area contributed by atoms with Crippen LogP contribution >= 0.6 is 0 Å². The van der Waals surface area contributed by atoms with E-state index in [0.29, 0.717) is 22.9 Å². The lowest BCUT2D eigenvalue weighted by Crippen LogP contribution is -2.20. The Morgan fingerprint density at radius 3 is 2.18 bits per heavy atom. The summed E-state index contributed by atoms with van der Waals surface area (Å²) >= 11 is 0. The quantitative estimate of drug-likeness (QED) is 0.606. The third-order valence-electron chi connectivity index (χ3n) is 3.62. The van der Waals surface area contributed by atoms with E-state index in [9.17, 15) is 13.2 Å². The number of nitrogens with two attached hydrogens (primary N) is 1. The largest absolute Gasteiger partial charge is 0.484 e. The standard InChI is InChI=1S/C20H18N2O5S/c21-20(23)14-26-15-10-12-17(13-11-15)28(24,25)22-18-8-4-5-9-19(18)27-16-6-2-1-3-7-16/h1-13,22H,14H2,(H2,21,23). The number of anilines is 1. The van der Waals surface area contributed by atoms with Crippen LogP contribution in [0.1, 0.15) is 0 Å². The Labute approximate surface area is 162 Å². The smallest absolute Gasteiger partial charge is 0.262 e. The van der Waals surface area contributed by atoms with Gasteiger partial charge in [0.1, 0.15) is 11.5 Å². The summed E-state index contributed by atoms with van der Waals surface area (Å²) in [6, 6.07) is 21.4. The van der Waals surface area contributed by atoms with E-state index in [1.165, 1.54) is 24.3 Å². The SMILES string of the molecule is NC(=O)COc1ccc(S(=O)(=O)Nc2ccccc2Oc2ccccc2)cc1. The van der Waals surface area contributed by atoms with E-state index in [0.717, 1.165) is 0 Å². The second-order valence-electron chi connectivity index (χ2n) is 5.74. The highest BCUT2D eigenvalue weighted by molar-refractivity contribution is 7.92. The molecule has 0 aliphatic heterocycles. The predicted octanol–water partition coefficient (Wildman–Crippen LogP) is 3.14. The van der Waals surface area contributed by atoms with Crippen molar-refractivity contribution in [1.29, 1.82) is 0 Å². The third kappa shape index (κ3) is 5.01. The number of rotatable bonds is 8. The molecule has 0 aliphatic carbocycles. The van der Waals surface area contributed by atoms with Crippen LogP contribution in [0.25, 0.3) is 0 Å². The van der Waals surface area contributed by atoms with Crippen molar-refractivity contribution in [2.24, 2.45) is 5.73 Å². The first-order valence-corrected chi connectivity index (χ1v) is 9.78. The van der Waals surface area contributed by atoms with Gasteiger partial charge in [-0.3, -0.25) is 9.52 Å². The van der Waals surface area contributed by atoms with Gasteiger partial charge < -0.3 is 15.2 Å². The predicted molar refractivity (Wildman–Crippen MR) is 105 cm³/mol. The van der Waals surface area contributed by atoms with Crippen molar-refractivity contribution in [3.63, 3.8) is 0 Å². The Morgan fingerprint density at radius 1 is 0.857 bits per heavy atom. The van der Waals surface area contributed by atoms with E-state index in [1.807, 2.05) is 18.2 Å². The Morgan fingerprint density at radius 2 is 1.50 bits per heavy atom. The van der Waals surface area contributed by atoms with Crippen LogP contribution in [-0.4, -0.2) is 20.9 Å². The Hall–Kier alpha value is -3.52. The molecule has 1 amide bonds. The van der Waals surface area contributed by atoms with Gasteiger partial charge in [0.15, 0.2) is 12.4 Å². The first kappa shape index (κ1) is 19.2. The molecule has 0 aromatic heterocycles. The fraction of sp³-hybridized carbons (Fsp3) is 0.0500. The summed E-state index contributed by atoms with van der Waals surface area (Å²) in [4.78, 5) is 10.8.